The van der Waals surface area contributed by atoms with Crippen LogP contribution >= 0.6 is 11.6 Å². The molecular formula is C12H17ClO. The third kappa shape index (κ3) is 2.91. The molecule has 1 nitrogen and oxygen atoms in total. The molecule has 0 N–H and O–H groups in total. The molecular weight excluding hydrogens is 196 g/mol. The summed E-state index contributed by atoms with van der Waals surface area (Å²) < 4.78 is 5.62. The molecule has 78 valence electrons. The summed E-state index contributed by atoms with van der Waals surface area (Å²) in [5.74, 6) is 1.75. The van der Waals surface area contributed by atoms with Crippen molar-refractivity contribution in [2.45, 2.75) is 26.7 Å². The van der Waals surface area contributed by atoms with Crippen molar-refractivity contribution in [3.63, 3.8) is 0 Å². The molecule has 0 aliphatic rings. The molecule has 0 saturated carbocycles. The summed E-state index contributed by atoms with van der Waals surface area (Å²) in [4.78, 5) is 0. The normalized spacial score (nSPS) is 10.2. The summed E-state index contributed by atoms with van der Waals surface area (Å²) in [6.07, 6.45) is 2.01. The Labute approximate surface area is 91.0 Å². The first-order valence-corrected chi connectivity index (χ1v) is 5.60. The molecule has 0 aliphatic carbocycles. The summed E-state index contributed by atoms with van der Waals surface area (Å²) in [5, 5.41) is 0. The number of ether oxygens (including phenoxy) is 1. The van der Waals surface area contributed by atoms with Crippen LogP contribution in [-0.4, -0.2) is 12.5 Å². The molecule has 0 spiro atoms. The fourth-order valence-corrected chi connectivity index (χ4v) is 1.65. The summed E-state index contributed by atoms with van der Waals surface area (Å²) in [6, 6.07) is 6.27. The molecule has 0 atom stereocenters. The predicted molar refractivity (Wildman–Crippen MR) is 61.4 cm³/mol. The Bertz CT molecular complexity index is 284. The maximum absolute atomic E-state index is 5.68. The molecule has 0 aliphatic heterocycles. The molecule has 0 amide bonds. The maximum atomic E-state index is 5.68. The third-order valence-corrected chi connectivity index (χ3v) is 2.43. The van der Waals surface area contributed by atoms with Crippen LogP contribution in [0, 0.1) is 6.92 Å². The minimum absolute atomic E-state index is 0.708. The lowest BCUT2D eigenvalue weighted by molar-refractivity contribution is 0.334. The van der Waals surface area contributed by atoms with Crippen molar-refractivity contribution in [3.05, 3.63) is 29.3 Å². The zero-order valence-electron chi connectivity index (χ0n) is 8.85. The molecule has 0 bridgehead atoms. The fraction of sp³-hybridized carbons (Fsp3) is 0.500. The third-order valence-electron chi connectivity index (χ3n) is 2.16. The molecule has 2 heteroatoms. The summed E-state index contributed by atoms with van der Waals surface area (Å²) in [6.45, 7) is 4.81. The van der Waals surface area contributed by atoms with E-state index in [4.69, 9.17) is 16.3 Å². The second-order valence-electron chi connectivity index (χ2n) is 3.29. The largest absolute Gasteiger partial charge is 0.493 e. The molecule has 0 radical (unpaired) electrons. The average Bonchev–Trinajstić information content (AvgIpc) is 2.19. The highest BCUT2D eigenvalue weighted by atomic mass is 35.5. The molecule has 0 heterocycles. The van der Waals surface area contributed by atoms with Gasteiger partial charge in [0, 0.05) is 5.88 Å². The van der Waals surface area contributed by atoms with Gasteiger partial charge in [-0.25, -0.2) is 0 Å². The highest BCUT2D eigenvalue weighted by Gasteiger charge is 2.05. The van der Waals surface area contributed by atoms with E-state index < -0.39 is 0 Å². The van der Waals surface area contributed by atoms with E-state index in [1.54, 1.807) is 0 Å². The van der Waals surface area contributed by atoms with Crippen molar-refractivity contribution in [3.8, 4) is 5.75 Å². The van der Waals surface area contributed by atoms with Crippen LogP contribution in [0.25, 0.3) is 0 Å². The van der Waals surface area contributed by atoms with E-state index in [9.17, 15) is 0 Å². The van der Waals surface area contributed by atoms with Gasteiger partial charge in [0.25, 0.3) is 0 Å². The lowest BCUT2D eigenvalue weighted by atomic mass is 10.1. The SMILES string of the molecule is CCOc1c(C)cccc1CCCCl. The van der Waals surface area contributed by atoms with Gasteiger partial charge in [0.05, 0.1) is 6.61 Å². The lowest BCUT2D eigenvalue weighted by Crippen LogP contribution is -1.99. The summed E-state index contributed by atoms with van der Waals surface area (Å²) in [7, 11) is 0. The smallest absolute Gasteiger partial charge is 0.125 e. The Morgan fingerprint density at radius 2 is 2.14 bits per heavy atom. The first kappa shape index (κ1) is 11.4. The molecule has 0 aromatic heterocycles. The van der Waals surface area contributed by atoms with Gasteiger partial charge in [-0.15, -0.1) is 11.6 Å². The molecule has 14 heavy (non-hydrogen) atoms. The number of aryl methyl sites for hydroxylation is 2. The van der Waals surface area contributed by atoms with Crippen molar-refractivity contribution in [2.24, 2.45) is 0 Å². The van der Waals surface area contributed by atoms with Gasteiger partial charge in [0.2, 0.25) is 0 Å². The molecule has 1 aromatic rings. The van der Waals surface area contributed by atoms with Crippen LogP contribution in [0.4, 0.5) is 0 Å². The Hall–Kier alpha value is -0.690. The van der Waals surface area contributed by atoms with Gasteiger partial charge < -0.3 is 4.74 Å². The van der Waals surface area contributed by atoms with E-state index in [1.807, 2.05) is 6.92 Å². The van der Waals surface area contributed by atoms with Gasteiger partial charge in [0.1, 0.15) is 5.75 Å². The van der Waals surface area contributed by atoms with E-state index in [0.717, 1.165) is 25.2 Å². The monoisotopic (exact) mass is 212 g/mol. The number of benzene rings is 1. The van der Waals surface area contributed by atoms with Crippen LogP contribution in [-0.2, 0) is 6.42 Å². The van der Waals surface area contributed by atoms with Gasteiger partial charge in [-0.1, -0.05) is 18.2 Å². The van der Waals surface area contributed by atoms with Crippen LogP contribution in [0.1, 0.15) is 24.5 Å². The number of hydrogen-bond acceptors (Lipinski definition) is 1. The Kier molecular flexibility index (Phi) is 4.81. The lowest BCUT2D eigenvalue weighted by Gasteiger charge is -2.12. The average molecular weight is 213 g/mol. The van der Waals surface area contributed by atoms with Crippen molar-refractivity contribution in [1.29, 1.82) is 0 Å². The highest BCUT2D eigenvalue weighted by molar-refractivity contribution is 6.17. The van der Waals surface area contributed by atoms with Crippen LogP contribution in [0.15, 0.2) is 18.2 Å². The molecule has 0 unspecified atom stereocenters. The zero-order valence-corrected chi connectivity index (χ0v) is 9.60. The Morgan fingerprint density at radius 3 is 2.79 bits per heavy atom. The minimum Gasteiger partial charge on any atom is -0.493 e. The summed E-state index contributed by atoms with van der Waals surface area (Å²) in [5.41, 5.74) is 2.48. The highest BCUT2D eigenvalue weighted by Crippen LogP contribution is 2.24. The first-order valence-electron chi connectivity index (χ1n) is 5.06. The Morgan fingerprint density at radius 1 is 1.36 bits per heavy atom. The van der Waals surface area contributed by atoms with Crippen molar-refractivity contribution in [2.75, 3.05) is 12.5 Å². The molecule has 1 rings (SSSR count). The molecule has 1 aromatic carbocycles. The number of rotatable bonds is 5. The number of hydrogen-bond donors (Lipinski definition) is 0. The van der Waals surface area contributed by atoms with Crippen LogP contribution in [0.5, 0.6) is 5.75 Å². The van der Waals surface area contributed by atoms with Gasteiger partial charge in [0.15, 0.2) is 0 Å². The minimum atomic E-state index is 0.708. The van der Waals surface area contributed by atoms with Crippen LogP contribution in [0.3, 0.4) is 0 Å². The van der Waals surface area contributed by atoms with Gasteiger partial charge in [-0.05, 0) is 37.8 Å². The van der Waals surface area contributed by atoms with Crippen LogP contribution in [0.2, 0.25) is 0 Å². The van der Waals surface area contributed by atoms with Crippen molar-refractivity contribution in [1.82, 2.24) is 0 Å². The second-order valence-corrected chi connectivity index (χ2v) is 3.67. The number of halogens is 1. The van der Waals surface area contributed by atoms with Crippen molar-refractivity contribution < 1.29 is 4.74 Å². The van der Waals surface area contributed by atoms with E-state index in [0.29, 0.717) is 5.88 Å². The molecule has 0 saturated heterocycles. The van der Waals surface area contributed by atoms with Gasteiger partial charge in [-0.2, -0.15) is 0 Å². The van der Waals surface area contributed by atoms with E-state index in [-0.39, 0.29) is 0 Å². The van der Waals surface area contributed by atoms with E-state index in [2.05, 4.69) is 25.1 Å². The number of alkyl halides is 1. The predicted octanol–water partition coefficient (Wildman–Crippen LogP) is 3.57. The summed E-state index contributed by atoms with van der Waals surface area (Å²) >= 11 is 5.68. The second kappa shape index (κ2) is 5.92. The molecule has 0 fully saturated rings. The number of para-hydroxylation sites is 1. The zero-order chi connectivity index (χ0) is 10.4. The first-order chi connectivity index (χ1) is 6.79. The van der Waals surface area contributed by atoms with Crippen LogP contribution < -0.4 is 4.74 Å². The van der Waals surface area contributed by atoms with E-state index >= 15 is 0 Å². The topological polar surface area (TPSA) is 9.23 Å². The van der Waals surface area contributed by atoms with Crippen molar-refractivity contribution >= 4 is 11.6 Å². The van der Waals surface area contributed by atoms with E-state index in [1.165, 1.54) is 11.1 Å². The van der Waals surface area contributed by atoms with Gasteiger partial charge >= 0.3 is 0 Å². The maximum Gasteiger partial charge on any atom is 0.125 e. The quantitative estimate of drug-likeness (QED) is 0.679. The Balaban J connectivity index is 2.83. The fourth-order valence-electron chi connectivity index (χ4n) is 1.52. The van der Waals surface area contributed by atoms with Gasteiger partial charge in [-0.3, -0.25) is 0 Å². The standard InChI is InChI=1S/C12H17ClO/c1-3-14-12-10(2)6-4-7-11(12)8-5-9-13/h4,6-7H,3,5,8-9H2,1-2H3.